The number of carbonyl (C=O) groups is 1. The van der Waals surface area contributed by atoms with E-state index >= 15 is 0 Å². The number of aromatic nitrogens is 3. The quantitative estimate of drug-likeness (QED) is 0.117. The van der Waals surface area contributed by atoms with Crippen LogP contribution in [0.4, 0.5) is 5.69 Å². The zero-order chi connectivity index (χ0) is 24.4. The first-order chi connectivity index (χ1) is 17.0. The third-order valence-electron chi connectivity index (χ3n) is 5.37. The molecule has 1 N–H and O–H groups in total. The molecule has 5 rings (SSSR count). The summed E-state index contributed by atoms with van der Waals surface area (Å²) in [5.41, 5.74) is 2.34. The molecule has 0 aliphatic heterocycles. The minimum absolute atomic E-state index is 0.0693. The van der Waals surface area contributed by atoms with Crippen LogP contribution in [0.2, 0.25) is 0 Å². The number of hydrogen-bond acceptors (Lipinski definition) is 7. The van der Waals surface area contributed by atoms with E-state index in [1.165, 1.54) is 28.8 Å². The Labute approximate surface area is 202 Å². The molecule has 0 spiro atoms. The molecule has 5 aromatic rings. The summed E-state index contributed by atoms with van der Waals surface area (Å²) in [5, 5.41) is 12.1. The van der Waals surface area contributed by atoms with Crippen LogP contribution in [0, 0.1) is 10.1 Å². The van der Waals surface area contributed by atoms with Gasteiger partial charge in [0.1, 0.15) is 17.6 Å². The molecule has 2 aromatic heterocycles. The number of thioether (sulfide) groups is 1. The van der Waals surface area contributed by atoms with Crippen LogP contribution < -0.4 is 5.56 Å². The van der Waals surface area contributed by atoms with Gasteiger partial charge in [-0.3, -0.25) is 24.3 Å². The number of benzene rings is 3. The number of hydrogen-bond donors (Lipinski definition) is 1. The monoisotopic (exact) mass is 486 g/mol. The van der Waals surface area contributed by atoms with Gasteiger partial charge in [0.15, 0.2) is 5.16 Å². The summed E-state index contributed by atoms with van der Waals surface area (Å²) in [5.74, 6) is -0.525. The predicted octanol–water partition coefficient (Wildman–Crippen LogP) is 4.61. The highest BCUT2D eigenvalue weighted by Gasteiger charge is 2.19. The van der Waals surface area contributed by atoms with Crippen LogP contribution in [0.15, 0.2) is 88.8 Å². The van der Waals surface area contributed by atoms with Gasteiger partial charge >= 0.3 is 5.97 Å². The lowest BCUT2D eigenvalue weighted by molar-refractivity contribution is -0.384. The Morgan fingerprint density at radius 1 is 1.03 bits per heavy atom. The van der Waals surface area contributed by atoms with Crippen molar-refractivity contribution in [3.63, 3.8) is 0 Å². The van der Waals surface area contributed by atoms with E-state index in [9.17, 15) is 19.7 Å². The van der Waals surface area contributed by atoms with E-state index in [1.54, 1.807) is 0 Å². The highest BCUT2D eigenvalue weighted by atomic mass is 32.2. The molecule has 9 nitrogen and oxygen atoms in total. The molecule has 0 aliphatic rings. The molecular formula is C25H18N4O5S. The number of nitro groups is 1. The maximum atomic E-state index is 13.5. The summed E-state index contributed by atoms with van der Waals surface area (Å²) in [7, 11) is 0. The molecule has 0 saturated carbocycles. The number of rotatable bonds is 7. The molecule has 174 valence electrons. The first-order valence-corrected chi connectivity index (χ1v) is 11.6. The average Bonchev–Trinajstić information content (AvgIpc) is 3.26. The van der Waals surface area contributed by atoms with Gasteiger partial charge in [-0.15, -0.1) is 0 Å². The smallest absolute Gasteiger partial charge is 0.316 e. The Hall–Kier alpha value is -4.44. The van der Waals surface area contributed by atoms with Crippen molar-refractivity contribution in [1.29, 1.82) is 0 Å². The van der Waals surface area contributed by atoms with Crippen LogP contribution in [-0.2, 0) is 16.1 Å². The average molecular weight is 487 g/mol. The molecule has 0 radical (unpaired) electrons. The maximum absolute atomic E-state index is 13.5. The maximum Gasteiger partial charge on any atom is 0.316 e. The van der Waals surface area contributed by atoms with Crippen molar-refractivity contribution in [2.75, 3.05) is 5.75 Å². The molecule has 10 heteroatoms. The van der Waals surface area contributed by atoms with Crippen molar-refractivity contribution in [2.24, 2.45) is 0 Å². The van der Waals surface area contributed by atoms with E-state index in [2.05, 4.69) is 4.98 Å². The van der Waals surface area contributed by atoms with E-state index in [-0.39, 0.29) is 28.8 Å². The molecule has 0 aliphatic carbocycles. The van der Waals surface area contributed by atoms with Gasteiger partial charge in [-0.25, -0.2) is 4.98 Å². The Bertz CT molecular complexity index is 1610. The molecule has 3 aromatic carbocycles. The van der Waals surface area contributed by atoms with Crippen LogP contribution in [0.1, 0.15) is 5.56 Å². The van der Waals surface area contributed by atoms with Crippen molar-refractivity contribution in [3.8, 4) is 5.69 Å². The number of fused-ring (bicyclic) bond motifs is 3. The van der Waals surface area contributed by atoms with Gasteiger partial charge in [0, 0.05) is 23.0 Å². The molecule has 0 amide bonds. The Balaban J connectivity index is 1.51. The van der Waals surface area contributed by atoms with Crippen LogP contribution in [-0.4, -0.2) is 31.2 Å². The minimum Gasteiger partial charge on any atom is -0.460 e. The molecular weight excluding hydrogens is 468 g/mol. The van der Waals surface area contributed by atoms with Crippen LogP contribution in [0.5, 0.6) is 0 Å². The van der Waals surface area contributed by atoms with Crippen molar-refractivity contribution < 1.29 is 14.5 Å². The third-order valence-corrected chi connectivity index (χ3v) is 6.29. The molecule has 35 heavy (non-hydrogen) atoms. The topological polar surface area (TPSA) is 120 Å². The zero-order valence-corrected chi connectivity index (χ0v) is 19.0. The first-order valence-electron chi connectivity index (χ1n) is 10.6. The fourth-order valence-electron chi connectivity index (χ4n) is 3.69. The second-order valence-corrected chi connectivity index (χ2v) is 8.58. The number of para-hydroxylation sites is 1. The van der Waals surface area contributed by atoms with Gasteiger partial charge in [-0.2, -0.15) is 0 Å². The van der Waals surface area contributed by atoms with Gasteiger partial charge in [0.2, 0.25) is 0 Å². The van der Waals surface area contributed by atoms with E-state index in [4.69, 9.17) is 9.72 Å². The Morgan fingerprint density at radius 2 is 1.74 bits per heavy atom. The van der Waals surface area contributed by atoms with Crippen LogP contribution in [0.25, 0.3) is 27.6 Å². The number of non-ortho nitro benzene ring substituents is 1. The van der Waals surface area contributed by atoms with Crippen molar-refractivity contribution in [2.45, 2.75) is 11.8 Å². The van der Waals surface area contributed by atoms with Crippen molar-refractivity contribution in [3.05, 3.63) is 105 Å². The predicted molar refractivity (Wildman–Crippen MR) is 133 cm³/mol. The second-order valence-electron chi connectivity index (χ2n) is 7.64. The zero-order valence-electron chi connectivity index (χ0n) is 18.2. The van der Waals surface area contributed by atoms with Crippen molar-refractivity contribution >= 4 is 45.4 Å². The minimum atomic E-state index is -0.510. The van der Waals surface area contributed by atoms with Gasteiger partial charge in [0.25, 0.3) is 11.2 Å². The molecule has 0 bridgehead atoms. The van der Waals surface area contributed by atoms with E-state index in [0.717, 1.165) is 28.2 Å². The first kappa shape index (κ1) is 22.4. The summed E-state index contributed by atoms with van der Waals surface area (Å²) in [6.07, 6.45) is 0. The fraction of sp³-hybridized carbons (Fsp3) is 0.0800. The summed E-state index contributed by atoms with van der Waals surface area (Å²) in [6.45, 7) is 0.143. The molecule has 0 saturated heterocycles. The van der Waals surface area contributed by atoms with Gasteiger partial charge in [-0.05, 0) is 23.8 Å². The largest absolute Gasteiger partial charge is 0.460 e. The van der Waals surface area contributed by atoms with Crippen LogP contribution in [0.3, 0.4) is 0 Å². The van der Waals surface area contributed by atoms with E-state index in [0.29, 0.717) is 16.7 Å². The summed E-state index contributed by atoms with van der Waals surface area (Å²) >= 11 is 1.07. The lowest BCUT2D eigenvalue weighted by Crippen LogP contribution is -2.22. The standard InChI is InChI=1S/C25H18N4O5S/c30-21(34-14-16-6-2-1-3-7-16)15-35-25-27-22-19-8-4-5-9-20(19)26-23(22)24(31)28(25)17-10-12-18(13-11-17)29(32)33/h1-13,26H,14-15H2. The van der Waals surface area contributed by atoms with Gasteiger partial charge in [-0.1, -0.05) is 60.3 Å². The van der Waals surface area contributed by atoms with E-state index < -0.39 is 10.9 Å². The summed E-state index contributed by atoms with van der Waals surface area (Å²) in [4.78, 5) is 44.3. The Kier molecular flexibility index (Phi) is 6.02. The van der Waals surface area contributed by atoms with E-state index in [1.807, 2.05) is 54.6 Å². The summed E-state index contributed by atoms with van der Waals surface area (Å²) in [6, 6.07) is 22.3. The van der Waals surface area contributed by atoms with Gasteiger partial charge in [0.05, 0.1) is 16.4 Å². The lowest BCUT2D eigenvalue weighted by Gasteiger charge is -2.12. The normalized spacial score (nSPS) is 11.1. The third kappa shape index (κ3) is 4.51. The molecule has 0 atom stereocenters. The molecule has 0 fully saturated rings. The highest BCUT2D eigenvalue weighted by molar-refractivity contribution is 7.99. The highest BCUT2D eigenvalue weighted by Crippen LogP contribution is 2.27. The van der Waals surface area contributed by atoms with Crippen molar-refractivity contribution in [1.82, 2.24) is 14.5 Å². The summed E-state index contributed by atoms with van der Waals surface area (Å²) < 4.78 is 6.70. The number of ether oxygens (including phenoxy) is 1. The molecule has 2 heterocycles. The van der Waals surface area contributed by atoms with Crippen LogP contribution >= 0.6 is 11.8 Å². The number of H-pyrrole nitrogens is 1. The molecule has 0 unspecified atom stereocenters. The number of nitrogens with one attached hydrogen (secondary N) is 1. The second kappa shape index (κ2) is 9.43. The number of carbonyl (C=O) groups excluding carboxylic acids is 1. The SMILES string of the molecule is O=C(CSc1nc2c([nH]c3ccccc32)c(=O)n1-c1ccc([N+](=O)[O-])cc1)OCc1ccccc1. The Morgan fingerprint density at radius 3 is 2.49 bits per heavy atom. The number of nitrogens with zero attached hydrogens (tertiary/aromatic N) is 3. The lowest BCUT2D eigenvalue weighted by atomic mass is 10.2. The fourth-order valence-corrected chi connectivity index (χ4v) is 4.50. The number of nitro benzene ring substituents is 1. The number of aromatic amines is 1. The number of esters is 1. The van der Waals surface area contributed by atoms with Gasteiger partial charge < -0.3 is 9.72 Å².